The summed E-state index contributed by atoms with van der Waals surface area (Å²) < 4.78 is 39.7. The fourth-order valence-electron chi connectivity index (χ4n) is 2.12. The largest absolute Gasteiger partial charge is 0.324 e. The first-order valence-electron chi connectivity index (χ1n) is 7.52. The molecule has 0 saturated carbocycles. The lowest BCUT2D eigenvalue weighted by Gasteiger charge is -2.08. The minimum atomic E-state index is -1.68. The lowest BCUT2D eigenvalue weighted by molar-refractivity contribution is 0.102. The van der Waals surface area contributed by atoms with Gasteiger partial charge in [0.2, 0.25) is 5.95 Å². The molecule has 1 amide bonds. The molecule has 2 N–H and O–H groups in total. The second kappa shape index (κ2) is 7.53. The van der Waals surface area contributed by atoms with Crippen LogP contribution in [0.3, 0.4) is 0 Å². The van der Waals surface area contributed by atoms with Crippen LogP contribution in [0.2, 0.25) is 0 Å². The van der Waals surface area contributed by atoms with E-state index in [0.717, 1.165) is 6.07 Å². The van der Waals surface area contributed by atoms with E-state index in [1.165, 1.54) is 12.4 Å². The van der Waals surface area contributed by atoms with Gasteiger partial charge in [-0.1, -0.05) is 6.07 Å². The first kappa shape index (κ1) is 17.9. The molecule has 0 aliphatic carbocycles. The van der Waals surface area contributed by atoms with Crippen molar-refractivity contribution in [2.75, 3.05) is 10.6 Å². The van der Waals surface area contributed by atoms with Crippen molar-refractivity contribution in [2.45, 2.75) is 0 Å². The summed E-state index contributed by atoms with van der Waals surface area (Å²) in [5.74, 6) is -5.16. The molecule has 0 aliphatic heterocycles. The first-order valence-corrected chi connectivity index (χ1v) is 7.52. The Hall–Kier alpha value is -3.93. The van der Waals surface area contributed by atoms with Crippen LogP contribution in [0.5, 0.6) is 0 Å². The Morgan fingerprint density at radius 2 is 1.78 bits per heavy atom. The number of hydrogen-bond donors (Lipinski definition) is 2. The van der Waals surface area contributed by atoms with E-state index in [2.05, 4.69) is 20.6 Å². The number of carbonyl (C=O) groups is 1. The lowest BCUT2D eigenvalue weighted by Crippen LogP contribution is -2.15. The Balaban J connectivity index is 1.72. The van der Waals surface area contributed by atoms with E-state index >= 15 is 0 Å². The van der Waals surface area contributed by atoms with Crippen molar-refractivity contribution in [2.24, 2.45) is 0 Å². The van der Waals surface area contributed by atoms with Crippen molar-refractivity contribution >= 4 is 23.2 Å². The Morgan fingerprint density at radius 1 is 1.04 bits per heavy atom. The van der Waals surface area contributed by atoms with Crippen molar-refractivity contribution in [3.8, 4) is 6.07 Å². The van der Waals surface area contributed by atoms with Crippen LogP contribution < -0.4 is 10.6 Å². The van der Waals surface area contributed by atoms with E-state index in [4.69, 9.17) is 5.26 Å². The van der Waals surface area contributed by atoms with E-state index in [-0.39, 0.29) is 11.5 Å². The highest BCUT2D eigenvalue weighted by molar-refractivity contribution is 6.04. The van der Waals surface area contributed by atoms with Crippen LogP contribution in [0.1, 0.15) is 15.9 Å². The van der Waals surface area contributed by atoms with Crippen LogP contribution in [-0.2, 0) is 0 Å². The van der Waals surface area contributed by atoms with Crippen molar-refractivity contribution in [3.05, 3.63) is 77.4 Å². The smallest absolute Gasteiger partial charge is 0.258 e. The number of anilines is 3. The molecule has 0 aliphatic rings. The third kappa shape index (κ3) is 4.01. The van der Waals surface area contributed by atoms with Gasteiger partial charge in [-0.05, 0) is 30.3 Å². The number of carbonyl (C=O) groups excluding carboxylic acids is 1. The Bertz CT molecular complexity index is 1050. The molecule has 0 bridgehead atoms. The van der Waals surface area contributed by atoms with Crippen LogP contribution in [0, 0.1) is 28.8 Å². The molecule has 134 valence electrons. The average molecular weight is 369 g/mol. The van der Waals surface area contributed by atoms with Gasteiger partial charge in [0, 0.05) is 18.1 Å². The minimum absolute atomic E-state index is 0.0181. The lowest BCUT2D eigenvalue weighted by atomic mass is 10.2. The van der Waals surface area contributed by atoms with Gasteiger partial charge in [0.1, 0.15) is 0 Å². The van der Waals surface area contributed by atoms with Gasteiger partial charge in [-0.3, -0.25) is 4.79 Å². The Morgan fingerprint density at radius 3 is 2.48 bits per heavy atom. The number of halogens is 3. The molecule has 3 aromatic rings. The number of nitrogens with one attached hydrogen (secondary N) is 2. The van der Waals surface area contributed by atoms with Crippen LogP contribution >= 0.6 is 0 Å². The summed E-state index contributed by atoms with van der Waals surface area (Å²) in [6, 6.07) is 10.2. The van der Waals surface area contributed by atoms with Crippen LogP contribution in [0.4, 0.5) is 30.5 Å². The summed E-state index contributed by atoms with van der Waals surface area (Å²) in [6.07, 6.45) is 2.35. The third-order valence-electron chi connectivity index (χ3n) is 3.45. The predicted molar refractivity (Wildman–Crippen MR) is 90.7 cm³/mol. The molecule has 0 radical (unpaired) electrons. The van der Waals surface area contributed by atoms with E-state index in [0.29, 0.717) is 17.3 Å². The molecule has 9 heteroatoms. The summed E-state index contributed by atoms with van der Waals surface area (Å²) >= 11 is 0. The molecular weight excluding hydrogens is 359 g/mol. The molecule has 0 saturated heterocycles. The maximum atomic E-state index is 13.6. The van der Waals surface area contributed by atoms with Crippen LogP contribution in [-0.4, -0.2) is 15.9 Å². The van der Waals surface area contributed by atoms with Gasteiger partial charge in [-0.15, -0.1) is 0 Å². The summed E-state index contributed by atoms with van der Waals surface area (Å²) in [4.78, 5) is 20.0. The molecule has 0 fully saturated rings. The second-order valence-electron chi connectivity index (χ2n) is 5.29. The SMILES string of the molecule is N#Cc1cccc(Nc2ncc(C(=O)Nc3ccc(F)c(F)c3F)cn2)c1. The number of aromatic nitrogens is 2. The summed E-state index contributed by atoms with van der Waals surface area (Å²) in [6.45, 7) is 0. The van der Waals surface area contributed by atoms with Crippen molar-refractivity contribution < 1.29 is 18.0 Å². The fourth-order valence-corrected chi connectivity index (χ4v) is 2.12. The highest BCUT2D eigenvalue weighted by atomic mass is 19.2. The van der Waals surface area contributed by atoms with E-state index in [1.54, 1.807) is 24.3 Å². The predicted octanol–water partition coefficient (Wildman–Crippen LogP) is 3.76. The van der Waals surface area contributed by atoms with Gasteiger partial charge in [0.15, 0.2) is 17.5 Å². The zero-order valence-corrected chi connectivity index (χ0v) is 13.5. The number of amides is 1. The minimum Gasteiger partial charge on any atom is -0.324 e. The summed E-state index contributed by atoms with van der Waals surface area (Å²) in [7, 11) is 0. The monoisotopic (exact) mass is 369 g/mol. The van der Waals surface area contributed by atoms with Gasteiger partial charge in [0.25, 0.3) is 5.91 Å². The second-order valence-corrected chi connectivity index (χ2v) is 5.29. The molecule has 0 spiro atoms. The first-order chi connectivity index (χ1) is 13.0. The van der Waals surface area contributed by atoms with Crippen molar-refractivity contribution in [3.63, 3.8) is 0 Å². The topological polar surface area (TPSA) is 90.7 Å². The maximum Gasteiger partial charge on any atom is 0.258 e. The normalized spacial score (nSPS) is 10.1. The van der Waals surface area contributed by atoms with Gasteiger partial charge in [-0.2, -0.15) is 5.26 Å². The van der Waals surface area contributed by atoms with Crippen LogP contribution in [0.15, 0.2) is 48.8 Å². The molecule has 2 aromatic carbocycles. The standard InChI is InChI=1S/C18H10F3N5O/c19-13-4-5-14(16(21)15(13)20)26-17(27)11-8-23-18(24-9-11)25-12-3-1-2-10(6-12)7-22/h1-6,8-9H,(H,26,27)(H,23,24,25). The highest BCUT2D eigenvalue weighted by Crippen LogP contribution is 2.20. The van der Waals surface area contributed by atoms with E-state index < -0.39 is 29.0 Å². The Labute approximate surface area is 151 Å². The maximum absolute atomic E-state index is 13.6. The fraction of sp³-hybridized carbons (Fsp3) is 0. The molecule has 27 heavy (non-hydrogen) atoms. The Kier molecular flexibility index (Phi) is 4.99. The summed E-state index contributed by atoms with van der Waals surface area (Å²) in [5.41, 5.74) is 0.504. The number of hydrogen-bond acceptors (Lipinski definition) is 5. The van der Waals surface area contributed by atoms with E-state index in [9.17, 15) is 18.0 Å². The molecule has 3 rings (SSSR count). The average Bonchev–Trinajstić information content (AvgIpc) is 2.69. The number of rotatable bonds is 4. The molecule has 1 heterocycles. The van der Waals surface area contributed by atoms with Crippen LogP contribution in [0.25, 0.3) is 0 Å². The number of nitriles is 1. The van der Waals surface area contributed by atoms with Crippen molar-refractivity contribution in [1.29, 1.82) is 5.26 Å². The molecule has 0 unspecified atom stereocenters. The molecule has 6 nitrogen and oxygen atoms in total. The van der Waals surface area contributed by atoms with Gasteiger partial charge < -0.3 is 10.6 Å². The van der Waals surface area contributed by atoms with Gasteiger partial charge >= 0.3 is 0 Å². The zero-order chi connectivity index (χ0) is 19.4. The number of nitrogens with zero attached hydrogens (tertiary/aromatic N) is 3. The van der Waals surface area contributed by atoms with Gasteiger partial charge in [0.05, 0.1) is 22.9 Å². The molecular formula is C18H10F3N5O. The number of benzene rings is 2. The van der Waals surface area contributed by atoms with E-state index in [1.807, 2.05) is 6.07 Å². The highest BCUT2D eigenvalue weighted by Gasteiger charge is 2.16. The quantitative estimate of drug-likeness (QED) is 0.684. The molecule has 1 aromatic heterocycles. The third-order valence-corrected chi connectivity index (χ3v) is 3.45. The van der Waals surface area contributed by atoms with Gasteiger partial charge in [-0.25, -0.2) is 23.1 Å². The zero-order valence-electron chi connectivity index (χ0n) is 13.5. The van der Waals surface area contributed by atoms with Crippen molar-refractivity contribution in [1.82, 2.24) is 9.97 Å². The summed E-state index contributed by atoms with van der Waals surface area (Å²) in [5, 5.41) is 13.9. The molecule has 0 atom stereocenters.